The molecule has 0 aliphatic carbocycles. The lowest BCUT2D eigenvalue weighted by Gasteiger charge is -2.03. The Labute approximate surface area is 107 Å². The second-order valence-electron chi connectivity index (χ2n) is 3.97. The summed E-state index contributed by atoms with van der Waals surface area (Å²) in [5.41, 5.74) is 6.61. The van der Waals surface area contributed by atoms with Gasteiger partial charge in [0.05, 0.1) is 13.2 Å². The van der Waals surface area contributed by atoms with Gasteiger partial charge in [-0.15, -0.1) is 0 Å². The molecule has 96 valence electrons. The van der Waals surface area contributed by atoms with E-state index in [-0.39, 0.29) is 0 Å². The Hall–Kier alpha value is -1.72. The highest BCUT2D eigenvalue weighted by Gasteiger charge is 2.10. The van der Waals surface area contributed by atoms with E-state index in [1.54, 1.807) is 7.11 Å². The highest BCUT2D eigenvalue weighted by Crippen LogP contribution is 2.15. The van der Waals surface area contributed by atoms with Crippen molar-refractivity contribution in [3.05, 3.63) is 36.2 Å². The molecule has 5 nitrogen and oxygen atoms in total. The van der Waals surface area contributed by atoms with Crippen LogP contribution in [0.25, 0.3) is 11.4 Å². The van der Waals surface area contributed by atoms with Crippen LogP contribution in [0, 0.1) is 0 Å². The van der Waals surface area contributed by atoms with Gasteiger partial charge in [0.25, 0.3) is 0 Å². The molecule has 2 aromatic rings. The standard InChI is InChI=1S/C13H18N4O/c1-18-10-9-17-12(7-8-14)15-13(16-17)11-5-3-2-4-6-11/h2-6H,7-10,14H2,1H3. The van der Waals surface area contributed by atoms with Crippen molar-refractivity contribution in [2.45, 2.75) is 13.0 Å². The number of ether oxygens (including phenoxy) is 1. The van der Waals surface area contributed by atoms with Gasteiger partial charge >= 0.3 is 0 Å². The minimum Gasteiger partial charge on any atom is -0.383 e. The van der Waals surface area contributed by atoms with E-state index in [2.05, 4.69) is 10.1 Å². The summed E-state index contributed by atoms with van der Waals surface area (Å²) < 4.78 is 6.95. The van der Waals surface area contributed by atoms with Gasteiger partial charge in [0.1, 0.15) is 5.82 Å². The summed E-state index contributed by atoms with van der Waals surface area (Å²) in [5, 5.41) is 4.51. The zero-order chi connectivity index (χ0) is 12.8. The SMILES string of the molecule is COCCn1nc(-c2ccccc2)nc1CCN. The number of nitrogens with zero attached hydrogens (tertiary/aromatic N) is 3. The Morgan fingerprint density at radius 3 is 2.72 bits per heavy atom. The molecule has 2 rings (SSSR count). The molecule has 0 aliphatic heterocycles. The van der Waals surface area contributed by atoms with Gasteiger partial charge < -0.3 is 10.5 Å². The number of hydrogen-bond donors (Lipinski definition) is 1. The van der Waals surface area contributed by atoms with Gasteiger partial charge in [-0.2, -0.15) is 5.10 Å². The lowest BCUT2D eigenvalue weighted by Crippen LogP contribution is -2.13. The smallest absolute Gasteiger partial charge is 0.181 e. The van der Waals surface area contributed by atoms with Crippen molar-refractivity contribution < 1.29 is 4.74 Å². The van der Waals surface area contributed by atoms with Crippen LogP contribution in [-0.4, -0.2) is 35.0 Å². The Morgan fingerprint density at radius 2 is 2.06 bits per heavy atom. The van der Waals surface area contributed by atoms with E-state index >= 15 is 0 Å². The normalized spacial score (nSPS) is 10.8. The summed E-state index contributed by atoms with van der Waals surface area (Å²) in [5.74, 6) is 1.66. The largest absolute Gasteiger partial charge is 0.383 e. The van der Waals surface area contributed by atoms with E-state index < -0.39 is 0 Å². The summed E-state index contributed by atoms with van der Waals surface area (Å²) >= 11 is 0. The van der Waals surface area contributed by atoms with Crippen molar-refractivity contribution in [1.29, 1.82) is 0 Å². The molecule has 0 spiro atoms. The molecule has 5 heteroatoms. The molecule has 0 saturated carbocycles. The molecule has 1 aromatic carbocycles. The molecule has 18 heavy (non-hydrogen) atoms. The summed E-state index contributed by atoms with van der Waals surface area (Å²) in [6.45, 7) is 1.89. The number of aromatic nitrogens is 3. The van der Waals surface area contributed by atoms with Crippen molar-refractivity contribution in [3.63, 3.8) is 0 Å². The van der Waals surface area contributed by atoms with E-state index in [4.69, 9.17) is 10.5 Å². The van der Waals surface area contributed by atoms with Crippen LogP contribution in [0.3, 0.4) is 0 Å². The molecule has 1 heterocycles. The van der Waals surface area contributed by atoms with Gasteiger partial charge in [0.2, 0.25) is 0 Å². The minimum absolute atomic E-state index is 0.569. The topological polar surface area (TPSA) is 66.0 Å². The second kappa shape index (κ2) is 6.28. The summed E-state index contributed by atoms with van der Waals surface area (Å²) in [6, 6.07) is 9.94. The molecule has 0 aliphatic rings. The Balaban J connectivity index is 2.27. The monoisotopic (exact) mass is 246 g/mol. The molecule has 1 aromatic heterocycles. The Kier molecular flexibility index (Phi) is 4.44. The first-order chi connectivity index (χ1) is 8.85. The van der Waals surface area contributed by atoms with Crippen LogP contribution in [0.5, 0.6) is 0 Å². The fraction of sp³-hybridized carbons (Fsp3) is 0.385. The number of methoxy groups -OCH3 is 1. The first-order valence-corrected chi connectivity index (χ1v) is 6.03. The molecule has 0 radical (unpaired) electrons. The first kappa shape index (κ1) is 12.7. The highest BCUT2D eigenvalue weighted by atomic mass is 16.5. The van der Waals surface area contributed by atoms with E-state index in [0.29, 0.717) is 19.7 Å². The van der Waals surface area contributed by atoms with Crippen LogP contribution >= 0.6 is 0 Å². The van der Waals surface area contributed by atoms with Gasteiger partial charge in [0.15, 0.2) is 5.82 Å². The molecule has 0 fully saturated rings. The van der Waals surface area contributed by atoms with Crippen molar-refractivity contribution in [1.82, 2.24) is 14.8 Å². The van der Waals surface area contributed by atoms with Crippen molar-refractivity contribution in [2.24, 2.45) is 5.73 Å². The molecular weight excluding hydrogens is 228 g/mol. The number of nitrogens with two attached hydrogens (primary N) is 1. The number of rotatable bonds is 6. The van der Waals surface area contributed by atoms with E-state index in [0.717, 1.165) is 23.6 Å². The minimum atomic E-state index is 0.569. The average molecular weight is 246 g/mol. The quantitative estimate of drug-likeness (QED) is 0.828. The summed E-state index contributed by atoms with van der Waals surface area (Å²) in [4.78, 5) is 4.54. The fourth-order valence-corrected chi connectivity index (χ4v) is 1.75. The maximum atomic E-state index is 5.59. The Morgan fingerprint density at radius 1 is 1.28 bits per heavy atom. The maximum Gasteiger partial charge on any atom is 0.181 e. The predicted octanol–water partition coefficient (Wildman–Crippen LogP) is 1.09. The van der Waals surface area contributed by atoms with Gasteiger partial charge in [-0.1, -0.05) is 30.3 Å². The lowest BCUT2D eigenvalue weighted by atomic mass is 10.2. The van der Waals surface area contributed by atoms with Gasteiger partial charge in [0, 0.05) is 19.1 Å². The van der Waals surface area contributed by atoms with Crippen LogP contribution in [0.4, 0.5) is 0 Å². The van der Waals surface area contributed by atoms with Crippen LogP contribution in [0.2, 0.25) is 0 Å². The van der Waals surface area contributed by atoms with Crippen LogP contribution < -0.4 is 5.73 Å². The molecule has 2 N–H and O–H groups in total. The molecule has 0 amide bonds. The third-order valence-electron chi connectivity index (χ3n) is 2.66. The second-order valence-corrected chi connectivity index (χ2v) is 3.97. The third kappa shape index (κ3) is 2.94. The molecule has 0 bridgehead atoms. The van der Waals surface area contributed by atoms with Crippen LogP contribution in [0.1, 0.15) is 5.82 Å². The van der Waals surface area contributed by atoms with E-state index in [1.165, 1.54) is 0 Å². The van der Waals surface area contributed by atoms with E-state index in [9.17, 15) is 0 Å². The zero-order valence-corrected chi connectivity index (χ0v) is 10.5. The average Bonchev–Trinajstić information content (AvgIpc) is 2.81. The molecule has 0 saturated heterocycles. The maximum absolute atomic E-state index is 5.59. The molecule has 0 atom stereocenters. The molecule has 0 unspecified atom stereocenters. The van der Waals surface area contributed by atoms with Crippen molar-refractivity contribution in [2.75, 3.05) is 20.3 Å². The fourth-order valence-electron chi connectivity index (χ4n) is 1.75. The zero-order valence-electron chi connectivity index (χ0n) is 10.5. The predicted molar refractivity (Wildman–Crippen MR) is 70.1 cm³/mol. The van der Waals surface area contributed by atoms with Crippen LogP contribution in [-0.2, 0) is 17.7 Å². The third-order valence-corrected chi connectivity index (χ3v) is 2.66. The van der Waals surface area contributed by atoms with Crippen molar-refractivity contribution in [3.8, 4) is 11.4 Å². The van der Waals surface area contributed by atoms with Gasteiger partial charge in [-0.25, -0.2) is 9.67 Å². The van der Waals surface area contributed by atoms with Crippen molar-refractivity contribution >= 4 is 0 Å². The van der Waals surface area contributed by atoms with Gasteiger partial charge in [-0.3, -0.25) is 0 Å². The first-order valence-electron chi connectivity index (χ1n) is 6.03. The molecular formula is C13H18N4O. The van der Waals surface area contributed by atoms with Crippen LogP contribution in [0.15, 0.2) is 30.3 Å². The van der Waals surface area contributed by atoms with E-state index in [1.807, 2.05) is 35.0 Å². The number of hydrogen-bond acceptors (Lipinski definition) is 4. The Bertz CT molecular complexity index is 481. The summed E-state index contributed by atoms with van der Waals surface area (Å²) in [7, 11) is 1.68. The highest BCUT2D eigenvalue weighted by molar-refractivity contribution is 5.53. The number of benzene rings is 1. The van der Waals surface area contributed by atoms with Gasteiger partial charge in [-0.05, 0) is 6.54 Å². The lowest BCUT2D eigenvalue weighted by molar-refractivity contribution is 0.182. The summed E-state index contributed by atoms with van der Waals surface area (Å²) in [6.07, 6.45) is 0.726.